The van der Waals surface area contributed by atoms with Crippen LogP contribution in [0.3, 0.4) is 0 Å². The summed E-state index contributed by atoms with van der Waals surface area (Å²) in [4.78, 5) is 16.2. The largest absolute Gasteiger partial charge is 0.352 e. The van der Waals surface area contributed by atoms with Crippen LogP contribution in [0, 0.1) is 6.92 Å². The Morgan fingerprint density at radius 3 is 2.91 bits per heavy atom. The Bertz CT molecular complexity index is 765. The highest BCUT2D eigenvalue weighted by molar-refractivity contribution is 5.94. The molecule has 0 atom stereocenters. The van der Waals surface area contributed by atoms with Gasteiger partial charge in [0.05, 0.1) is 12.0 Å². The van der Waals surface area contributed by atoms with Gasteiger partial charge in [-0.2, -0.15) is 0 Å². The van der Waals surface area contributed by atoms with Gasteiger partial charge in [-0.15, -0.1) is 5.10 Å². The Labute approximate surface area is 133 Å². The van der Waals surface area contributed by atoms with Gasteiger partial charge in [0.1, 0.15) is 6.33 Å². The zero-order valence-corrected chi connectivity index (χ0v) is 12.8. The minimum absolute atomic E-state index is 0.0815. The SMILES string of the molecule is Cc1cc(C(=O)NCCCn2ccnc2)ccc1-n1cnnn1. The fourth-order valence-electron chi connectivity index (χ4n) is 2.31. The number of aromatic nitrogens is 6. The molecule has 0 aliphatic rings. The molecule has 0 bridgehead atoms. The normalized spacial score (nSPS) is 10.7. The molecule has 1 N–H and O–H groups in total. The lowest BCUT2D eigenvalue weighted by molar-refractivity contribution is 0.0952. The smallest absolute Gasteiger partial charge is 0.251 e. The monoisotopic (exact) mass is 311 g/mol. The van der Waals surface area contributed by atoms with Crippen molar-refractivity contribution >= 4 is 5.91 Å². The third kappa shape index (κ3) is 3.60. The summed E-state index contributed by atoms with van der Waals surface area (Å²) in [5.74, 6) is -0.0815. The van der Waals surface area contributed by atoms with Crippen LogP contribution < -0.4 is 5.32 Å². The Balaban J connectivity index is 1.56. The maximum absolute atomic E-state index is 12.2. The van der Waals surface area contributed by atoms with E-state index in [1.807, 2.05) is 29.8 Å². The van der Waals surface area contributed by atoms with Crippen LogP contribution in [0.15, 0.2) is 43.2 Å². The van der Waals surface area contributed by atoms with Crippen LogP contribution >= 0.6 is 0 Å². The molecule has 2 heterocycles. The molecular weight excluding hydrogens is 294 g/mol. The first-order valence-corrected chi connectivity index (χ1v) is 7.32. The average molecular weight is 311 g/mol. The Morgan fingerprint density at radius 2 is 2.22 bits per heavy atom. The first-order chi connectivity index (χ1) is 11.2. The lowest BCUT2D eigenvalue weighted by atomic mass is 10.1. The zero-order valence-electron chi connectivity index (χ0n) is 12.8. The summed E-state index contributed by atoms with van der Waals surface area (Å²) in [6.07, 6.45) is 7.79. The highest BCUT2D eigenvalue weighted by Crippen LogP contribution is 2.14. The lowest BCUT2D eigenvalue weighted by Crippen LogP contribution is -2.25. The molecule has 0 aliphatic heterocycles. The summed E-state index contributed by atoms with van der Waals surface area (Å²) in [5, 5.41) is 14.0. The molecule has 0 aliphatic carbocycles. The van der Waals surface area contributed by atoms with E-state index in [0.29, 0.717) is 12.1 Å². The van der Waals surface area contributed by atoms with Crippen LogP contribution in [0.2, 0.25) is 0 Å². The van der Waals surface area contributed by atoms with Crippen molar-refractivity contribution in [3.8, 4) is 5.69 Å². The second-order valence-electron chi connectivity index (χ2n) is 5.17. The first-order valence-electron chi connectivity index (χ1n) is 7.32. The summed E-state index contributed by atoms with van der Waals surface area (Å²) < 4.78 is 3.55. The third-order valence-corrected chi connectivity index (χ3v) is 3.49. The molecule has 23 heavy (non-hydrogen) atoms. The number of carbonyl (C=O) groups is 1. The van der Waals surface area contributed by atoms with E-state index in [4.69, 9.17) is 0 Å². The van der Waals surface area contributed by atoms with Gasteiger partial charge < -0.3 is 9.88 Å². The van der Waals surface area contributed by atoms with Gasteiger partial charge >= 0.3 is 0 Å². The number of hydrogen-bond donors (Lipinski definition) is 1. The number of hydrogen-bond acceptors (Lipinski definition) is 5. The first kappa shape index (κ1) is 14.9. The van der Waals surface area contributed by atoms with Crippen LogP contribution in [0.5, 0.6) is 0 Å². The second kappa shape index (κ2) is 6.82. The van der Waals surface area contributed by atoms with Gasteiger partial charge in [0.25, 0.3) is 5.91 Å². The Morgan fingerprint density at radius 1 is 1.30 bits per heavy atom. The van der Waals surface area contributed by atoms with Crippen molar-refractivity contribution in [2.45, 2.75) is 19.9 Å². The highest BCUT2D eigenvalue weighted by Gasteiger charge is 2.09. The molecule has 0 spiro atoms. The van der Waals surface area contributed by atoms with Crippen molar-refractivity contribution in [3.05, 3.63) is 54.4 Å². The summed E-state index contributed by atoms with van der Waals surface area (Å²) in [7, 11) is 0. The van der Waals surface area contributed by atoms with Crippen LogP contribution in [-0.4, -0.2) is 42.2 Å². The standard InChI is InChI=1S/C15H17N7O/c1-12-9-13(3-4-14(12)22-11-18-19-20-22)15(23)17-5-2-7-21-8-6-16-10-21/h3-4,6,8-11H,2,5,7H2,1H3,(H,17,23). The van der Waals surface area contributed by atoms with E-state index < -0.39 is 0 Å². The number of amides is 1. The molecular formula is C15H17N7O. The van der Waals surface area contributed by atoms with Gasteiger partial charge in [-0.1, -0.05) is 0 Å². The maximum atomic E-state index is 12.2. The molecule has 8 heteroatoms. The van der Waals surface area contributed by atoms with Crippen molar-refractivity contribution in [1.29, 1.82) is 0 Å². The van der Waals surface area contributed by atoms with Gasteiger partial charge in [0, 0.05) is 31.0 Å². The van der Waals surface area contributed by atoms with Gasteiger partial charge in [0.15, 0.2) is 0 Å². The van der Waals surface area contributed by atoms with E-state index in [1.165, 1.54) is 6.33 Å². The van der Waals surface area contributed by atoms with E-state index >= 15 is 0 Å². The van der Waals surface area contributed by atoms with Crippen LogP contribution in [0.1, 0.15) is 22.3 Å². The molecule has 0 radical (unpaired) electrons. The predicted molar refractivity (Wildman–Crippen MR) is 83.1 cm³/mol. The van der Waals surface area contributed by atoms with Crippen molar-refractivity contribution < 1.29 is 4.79 Å². The second-order valence-corrected chi connectivity index (χ2v) is 5.17. The van der Waals surface area contributed by atoms with E-state index in [2.05, 4.69) is 25.8 Å². The van der Waals surface area contributed by atoms with Gasteiger partial charge in [0.2, 0.25) is 0 Å². The van der Waals surface area contributed by atoms with Crippen LogP contribution in [-0.2, 0) is 6.54 Å². The minimum Gasteiger partial charge on any atom is -0.352 e. The molecule has 8 nitrogen and oxygen atoms in total. The number of nitrogens with one attached hydrogen (secondary N) is 1. The van der Waals surface area contributed by atoms with E-state index in [1.54, 1.807) is 23.3 Å². The highest BCUT2D eigenvalue weighted by atomic mass is 16.1. The number of tetrazole rings is 1. The van der Waals surface area contributed by atoms with Crippen LogP contribution in [0.4, 0.5) is 0 Å². The number of benzene rings is 1. The number of nitrogens with zero attached hydrogens (tertiary/aromatic N) is 6. The Hall–Kier alpha value is -3.03. The Kier molecular flexibility index (Phi) is 4.41. The quantitative estimate of drug-likeness (QED) is 0.686. The molecule has 3 rings (SSSR count). The zero-order chi connectivity index (χ0) is 16.1. The maximum Gasteiger partial charge on any atom is 0.251 e. The number of rotatable bonds is 6. The molecule has 0 saturated carbocycles. The topological polar surface area (TPSA) is 90.5 Å². The summed E-state index contributed by atoms with van der Waals surface area (Å²) in [5.41, 5.74) is 2.41. The lowest BCUT2D eigenvalue weighted by Gasteiger charge is -2.09. The van der Waals surface area contributed by atoms with Crippen molar-refractivity contribution in [1.82, 2.24) is 35.1 Å². The summed E-state index contributed by atoms with van der Waals surface area (Å²) in [6.45, 7) is 3.37. The van der Waals surface area contributed by atoms with E-state index in [-0.39, 0.29) is 5.91 Å². The molecule has 0 unspecified atom stereocenters. The molecule has 0 saturated heterocycles. The van der Waals surface area contributed by atoms with Crippen LogP contribution in [0.25, 0.3) is 5.69 Å². The predicted octanol–water partition coefficient (Wildman–Crippen LogP) is 0.987. The number of aryl methyl sites for hydroxylation is 2. The van der Waals surface area contributed by atoms with Crippen molar-refractivity contribution in [2.24, 2.45) is 0 Å². The van der Waals surface area contributed by atoms with E-state index in [9.17, 15) is 4.79 Å². The fourth-order valence-corrected chi connectivity index (χ4v) is 2.31. The molecule has 1 amide bonds. The molecule has 118 valence electrons. The van der Waals surface area contributed by atoms with Gasteiger partial charge in [-0.3, -0.25) is 4.79 Å². The van der Waals surface area contributed by atoms with Gasteiger partial charge in [-0.05, 0) is 47.5 Å². The minimum atomic E-state index is -0.0815. The molecule has 1 aromatic carbocycles. The summed E-state index contributed by atoms with van der Waals surface area (Å²) in [6, 6.07) is 5.45. The third-order valence-electron chi connectivity index (χ3n) is 3.49. The summed E-state index contributed by atoms with van der Waals surface area (Å²) >= 11 is 0. The number of carbonyl (C=O) groups excluding carboxylic acids is 1. The fraction of sp³-hybridized carbons (Fsp3) is 0.267. The molecule has 2 aromatic heterocycles. The average Bonchev–Trinajstić information content (AvgIpc) is 3.24. The number of imidazole rings is 1. The molecule has 0 fully saturated rings. The van der Waals surface area contributed by atoms with E-state index in [0.717, 1.165) is 24.2 Å². The molecule has 3 aromatic rings. The van der Waals surface area contributed by atoms with Crippen molar-refractivity contribution in [2.75, 3.05) is 6.54 Å². The van der Waals surface area contributed by atoms with Crippen molar-refractivity contribution in [3.63, 3.8) is 0 Å². The van der Waals surface area contributed by atoms with Gasteiger partial charge in [-0.25, -0.2) is 9.67 Å².